The van der Waals surface area contributed by atoms with Gasteiger partial charge in [0.15, 0.2) is 6.10 Å². The van der Waals surface area contributed by atoms with E-state index in [2.05, 4.69) is 45.1 Å². The Morgan fingerprint density at radius 2 is 0.600 bits per heavy atom. The Hall–Kier alpha value is -2.11. The zero-order valence-electron chi connectivity index (χ0n) is 40.2. The summed E-state index contributed by atoms with van der Waals surface area (Å²) in [4.78, 5) is 38.0. The molecular formula is C54H100O6. The molecule has 0 aliphatic rings. The van der Waals surface area contributed by atoms with Gasteiger partial charge in [0.1, 0.15) is 13.2 Å². The second kappa shape index (κ2) is 49.5. The summed E-state index contributed by atoms with van der Waals surface area (Å²) in [6.07, 6.45) is 55.8. The number of ether oxygens (including phenoxy) is 3. The molecule has 6 nitrogen and oxygen atoms in total. The van der Waals surface area contributed by atoms with Crippen molar-refractivity contribution in [2.75, 3.05) is 13.2 Å². The number of hydrogen-bond donors (Lipinski definition) is 0. The van der Waals surface area contributed by atoms with E-state index in [1.165, 1.54) is 167 Å². The normalized spacial score (nSPS) is 12.1. The van der Waals surface area contributed by atoms with Crippen molar-refractivity contribution in [1.82, 2.24) is 0 Å². The molecular weight excluding hydrogens is 745 g/mol. The summed E-state index contributed by atoms with van der Waals surface area (Å²) in [5.41, 5.74) is 0. The van der Waals surface area contributed by atoms with Crippen molar-refractivity contribution in [3.8, 4) is 0 Å². The number of unbranched alkanes of at least 4 members (excludes halogenated alkanes) is 33. The van der Waals surface area contributed by atoms with Crippen LogP contribution < -0.4 is 0 Å². The standard InChI is InChI=1S/C54H100O6/c1-4-7-10-13-16-19-22-25-27-30-32-35-38-41-44-47-53(56)59-50-51(60-54(57)48-45-42-39-36-33-28-24-21-18-15-12-9-6-3)49-58-52(55)46-43-40-37-34-31-29-26-23-20-17-14-11-8-5-2/h16,19,25,27,51H,4-15,17-18,20-24,26,28-50H2,1-3H3/b19-16-,27-25-/t51-/m1/s1. The number of esters is 3. The van der Waals surface area contributed by atoms with Crippen LogP contribution in [0.25, 0.3) is 0 Å². The van der Waals surface area contributed by atoms with Crippen LogP contribution in [-0.2, 0) is 28.6 Å². The molecule has 0 saturated carbocycles. The summed E-state index contributed by atoms with van der Waals surface area (Å²) >= 11 is 0. The van der Waals surface area contributed by atoms with E-state index in [1.54, 1.807) is 0 Å². The van der Waals surface area contributed by atoms with E-state index in [4.69, 9.17) is 14.2 Å². The molecule has 0 aliphatic carbocycles. The minimum Gasteiger partial charge on any atom is -0.462 e. The summed E-state index contributed by atoms with van der Waals surface area (Å²) in [6.45, 7) is 6.63. The smallest absolute Gasteiger partial charge is 0.306 e. The fourth-order valence-electron chi connectivity index (χ4n) is 7.71. The van der Waals surface area contributed by atoms with Gasteiger partial charge in [-0.1, -0.05) is 238 Å². The van der Waals surface area contributed by atoms with Crippen LogP contribution >= 0.6 is 0 Å². The molecule has 352 valence electrons. The maximum atomic E-state index is 12.8. The van der Waals surface area contributed by atoms with Crippen LogP contribution in [0.2, 0.25) is 0 Å². The fraction of sp³-hybridized carbons (Fsp3) is 0.870. The van der Waals surface area contributed by atoms with Gasteiger partial charge in [-0.15, -0.1) is 0 Å². The maximum absolute atomic E-state index is 12.8. The highest BCUT2D eigenvalue weighted by Gasteiger charge is 2.19. The minimum atomic E-state index is -0.770. The Bertz CT molecular complexity index is 973. The summed E-state index contributed by atoms with van der Waals surface area (Å²) in [5.74, 6) is -0.870. The van der Waals surface area contributed by atoms with Crippen molar-refractivity contribution in [2.24, 2.45) is 0 Å². The molecule has 0 rings (SSSR count). The lowest BCUT2D eigenvalue weighted by atomic mass is 10.0. The topological polar surface area (TPSA) is 78.9 Å². The molecule has 0 aromatic carbocycles. The Morgan fingerprint density at radius 3 is 0.950 bits per heavy atom. The Morgan fingerprint density at radius 1 is 0.333 bits per heavy atom. The monoisotopic (exact) mass is 845 g/mol. The van der Waals surface area contributed by atoms with Gasteiger partial charge in [0.25, 0.3) is 0 Å². The predicted octanol–water partition coefficient (Wildman–Crippen LogP) is 17.2. The Kier molecular flexibility index (Phi) is 47.8. The molecule has 0 bridgehead atoms. The summed E-state index contributed by atoms with van der Waals surface area (Å²) in [6, 6.07) is 0. The highest BCUT2D eigenvalue weighted by molar-refractivity contribution is 5.71. The molecule has 0 radical (unpaired) electrons. The molecule has 0 aromatic heterocycles. The van der Waals surface area contributed by atoms with Gasteiger partial charge in [-0.2, -0.15) is 0 Å². The van der Waals surface area contributed by atoms with Gasteiger partial charge in [-0.3, -0.25) is 14.4 Å². The average Bonchev–Trinajstić information content (AvgIpc) is 3.24. The van der Waals surface area contributed by atoms with Crippen LogP contribution in [0.5, 0.6) is 0 Å². The quantitative estimate of drug-likeness (QED) is 0.0263. The van der Waals surface area contributed by atoms with Gasteiger partial charge >= 0.3 is 17.9 Å². The van der Waals surface area contributed by atoms with Crippen LogP contribution in [-0.4, -0.2) is 37.2 Å². The first-order chi connectivity index (χ1) is 29.5. The van der Waals surface area contributed by atoms with Gasteiger partial charge < -0.3 is 14.2 Å². The maximum Gasteiger partial charge on any atom is 0.306 e. The number of allylic oxidation sites excluding steroid dienone is 4. The van der Waals surface area contributed by atoms with E-state index in [0.29, 0.717) is 19.3 Å². The Labute approximate surface area is 373 Å². The highest BCUT2D eigenvalue weighted by Crippen LogP contribution is 2.16. The molecule has 1 atom stereocenters. The SMILES string of the molecule is CCCCC/C=C\C/C=C\CCCCCCCC(=O)OC[C@@H](COC(=O)CCCCCCCCCCCCCCCC)OC(=O)CCCCCCCCCCCCCCC. The first-order valence-electron chi connectivity index (χ1n) is 26.3. The van der Waals surface area contributed by atoms with Crippen LogP contribution in [0, 0.1) is 0 Å². The van der Waals surface area contributed by atoms with E-state index in [1.807, 2.05) is 0 Å². The number of hydrogen-bond acceptors (Lipinski definition) is 6. The second-order valence-electron chi connectivity index (χ2n) is 17.8. The molecule has 60 heavy (non-hydrogen) atoms. The van der Waals surface area contributed by atoms with Crippen molar-refractivity contribution in [1.29, 1.82) is 0 Å². The molecule has 0 aliphatic heterocycles. The average molecular weight is 845 g/mol. The number of rotatable bonds is 48. The van der Waals surface area contributed by atoms with E-state index in [9.17, 15) is 14.4 Å². The van der Waals surface area contributed by atoms with Crippen molar-refractivity contribution in [3.05, 3.63) is 24.3 Å². The van der Waals surface area contributed by atoms with E-state index in [0.717, 1.165) is 77.0 Å². The largest absolute Gasteiger partial charge is 0.462 e. The molecule has 0 heterocycles. The third-order valence-corrected chi connectivity index (χ3v) is 11.7. The fourth-order valence-corrected chi connectivity index (χ4v) is 7.71. The molecule has 0 saturated heterocycles. The lowest BCUT2D eigenvalue weighted by Crippen LogP contribution is -2.30. The van der Waals surface area contributed by atoms with Crippen LogP contribution in [0.1, 0.15) is 284 Å². The molecule has 0 N–H and O–H groups in total. The lowest BCUT2D eigenvalue weighted by molar-refractivity contribution is -0.167. The van der Waals surface area contributed by atoms with Crippen molar-refractivity contribution in [2.45, 2.75) is 290 Å². The predicted molar refractivity (Wildman–Crippen MR) is 256 cm³/mol. The van der Waals surface area contributed by atoms with E-state index >= 15 is 0 Å². The summed E-state index contributed by atoms with van der Waals surface area (Å²) in [7, 11) is 0. The van der Waals surface area contributed by atoms with Gasteiger partial charge in [-0.25, -0.2) is 0 Å². The number of carbonyl (C=O) groups excluding carboxylic acids is 3. The van der Waals surface area contributed by atoms with Gasteiger partial charge in [0.2, 0.25) is 0 Å². The van der Waals surface area contributed by atoms with Crippen molar-refractivity contribution >= 4 is 17.9 Å². The minimum absolute atomic E-state index is 0.0707. The molecule has 0 amide bonds. The van der Waals surface area contributed by atoms with E-state index < -0.39 is 6.10 Å². The lowest BCUT2D eigenvalue weighted by Gasteiger charge is -2.18. The number of carbonyl (C=O) groups is 3. The third-order valence-electron chi connectivity index (χ3n) is 11.7. The second-order valence-corrected chi connectivity index (χ2v) is 17.8. The van der Waals surface area contributed by atoms with Crippen molar-refractivity contribution < 1.29 is 28.6 Å². The molecule has 0 spiro atoms. The Balaban J connectivity index is 4.35. The van der Waals surface area contributed by atoms with Crippen LogP contribution in [0.15, 0.2) is 24.3 Å². The first kappa shape index (κ1) is 57.9. The molecule has 6 heteroatoms. The summed E-state index contributed by atoms with van der Waals surface area (Å²) < 4.78 is 16.8. The molecule has 0 aromatic rings. The zero-order chi connectivity index (χ0) is 43.7. The zero-order valence-corrected chi connectivity index (χ0v) is 40.2. The van der Waals surface area contributed by atoms with Crippen molar-refractivity contribution in [3.63, 3.8) is 0 Å². The van der Waals surface area contributed by atoms with Crippen LogP contribution in [0.3, 0.4) is 0 Å². The van der Waals surface area contributed by atoms with Gasteiger partial charge in [-0.05, 0) is 51.4 Å². The third kappa shape index (κ3) is 46.9. The van der Waals surface area contributed by atoms with Gasteiger partial charge in [0.05, 0.1) is 0 Å². The highest BCUT2D eigenvalue weighted by atomic mass is 16.6. The van der Waals surface area contributed by atoms with E-state index in [-0.39, 0.29) is 31.1 Å². The summed E-state index contributed by atoms with van der Waals surface area (Å²) in [5, 5.41) is 0. The van der Waals surface area contributed by atoms with Gasteiger partial charge in [0, 0.05) is 19.3 Å². The molecule has 0 unspecified atom stereocenters. The first-order valence-corrected chi connectivity index (χ1v) is 26.3. The molecule has 0 fully saturated rings. The van der Waals surface area contributed by atoms with Crippen LogP contribution in [0.4, 0.5) is 0 Å².